The van der Waals surface area contributed by atoms with E-state index in [0.717, 1.165) is 0 Å². The summed E-state index contributed by atoms with van der Waals surface area (Å²) < 4.78 is 10.2. The van der Waals surface area contributed by atoms with E-state index in [9.17, 15) is 14.4 Å². The molecule has 2 rings (SSSR count). The van der Waals surface area contributed by atoms with Crippen LogP contribution < -0.4 is 15.4 Å². The highest BCUT2D eigenvalue weighted by Gasteiger charge is 2.40. The zero-order chi connectivity index (χ0) is 18.4. The number of ether oxygens (including phenoxy) is 2. The number of esters is 1. The first-order valence-corrected chi connectivity index (χ1v) is 9.16. The predicted octanol–water partition coefficient (Wildman–Crippen LogP) is 1.34. The number of rotatable bonds is 8. The highest BCUT2D eigenvalue weighted by atomic mass is 32.2. The second kappa shape index (κ2) is 8.87. The van der Waals surface area contributed by atoms with Gasteiger partial charge in [0.25, 0.3) is 0 Å². The van der Waals surface area contributed by atoms with Crippen molar-refractivity contribution in [3.63, 3.8) is 0 Å². The summed E-state index contributed by atoms with van der Waals surface area (Å²) in [6, 6.07) is 5.98. The van der Waals surface area contributed by atoms with Gasteiger partial charge in [0.2, 0.25) is 11.8 Å². The van der Waals surface area contributed by atoms with Crippen LogP contribution in [-0.2, 0) is 19.1 Å². The molecule has 0 bridgehead atoms. The molecule has 0 aliphatic carbocycles. The number of anilines is 1. The first-order chi connectivity index (χ1) is 12.0. The van der Waals surface area contributed by atoms with Crippen LogP contribution in [0.1, 0.15) is 20.3 Å². The Kier molecular flexibility index (Phi) is 6.83. The van der Waals surface area contributed by atoms with Gasteiger partial charge in [0.1, 0.15) is 11.8 Å². The molecule has 0 spiro atoms. The molecule has 1 aliphatic heterocycles. The first-order valence-electron chi connectivity index (χ1n) is 8.11. The number of carbonyl (C=O) groups excluding carboxylic acids is 3. The Morgan fingerprint density at radius 3 is 2.56 bits per heavy atom. The summed E-state index contributed by atoms with van der Waals surface area (Å²) in [5, 5.41) is -0.542. The topological polar surface area (TPSA) is 98.9 Å². The Bertz CT molecular complexity index is 634. The summed E-state index contributed by atoms with van der Waals surface area (Å²) in [5.74, 6) is -0.169. The van der Waals surface area contributed by atoms with E-state index in [4.69, 9.17) is 15.2 Å². The summed E-state index contributed by atoms with van der Waals surface area (Å²) in [5.41, 5.74) is 6.24. The third kappa shape index (κ3) is 4.73. The summed E-state index contributed by atoms with van der Waals surface area (Å²) in [4.78, 5) is 37.5. The number of nitrogens with two attached hydrogens (primary N) is 1. The number of amides is 2. The number of carbonyl (C=O) groups is 3. The second-order valence-corrected chi connectivity index (χ2v) is 6.61. The van der Waals surface area contributed by atoms with Gasteiger partial charge < -0.3 is 15.2 Å². The van der Waals surface area contributed by atoms with Gasteiger partial charge in [0.15, 0.2) is 0 Å². The van der Waals surface area contributed by atoms with Crippen molar-refractivity contribution in [3.05, 3.63) is 24.3 Å². The maximum atomic E-state index is 12.5. The molecule has 1 heterocycles. The van der Waals surface area contributed by atoms with E-state index in [1.165, 1.54) is 16.7 Å². The van der Waals surface area contributed by atoms with Crippen molar-refractivity contribution in [3.8, 4) is 5.75 Å². The monoisotopic (exact) mass is 366 g/mol. The Hall–Kier alpha value is -2.06. The lowest BCUT2D eigenvalue weighted by Crippen LogP contribution is -2.36. The van der Waals surface area contributed by atoms with Gasteiger partial charge in [-0.05, 0) is 38.1 Å². The molecule has 2 amide bonds. The smallest absolute Gasteiger partial charge is 0.323 e. The lowest BCUT2D eigenvalue weighted by atomic mass is 10.3. The number of hydrogen-bond donors (Lipinski definition) is 1. The van der Waals surface area contributed by atoms with E-state index in [0.29, 0.717) is 18.0 Å². The second-order valence-electron chi connectivity index (χ2n) is 5.38. The van der Waals surface area contributed by atoms with Gasteiger partial charge in [0, 0.05) is 12.2 Å². The van der Waals surface area contributed by atoms with Gasteiger partial charge in [-0.3, -0.25) is 14.4 Å². The highest BCUT2D eigenvalue weighted by molar-refractivity contribution is 8.00. The fourth-order valence-corrected chi connectivity index (χ4v) is 3.48. The summed E-state index contributed by atoms with van der Waals surface area (Å²) in [7, 11) is 0. The Balaban J connectivity index is 1.98. The fraction of sp³-hybridized carbons (Fsp3) is 0.471. The van der Waals surface area contributed by atoms with E-state index >= 15 is 0 Å². The third-order valence-corrected chi connectivity index (χ3v) is 4.90. The molecular weight excluding hydrogens is 344 g/mol. The maximum absolute atomic E-state index is 12.5. The van der Waals surface area contributed by atoms with Crippen LogP contribution in [0, 0.1) is 0 Å². The summed E-state index contributed by atoms with van der Waals surface area (Å²) in [6.07, 6.45) is 0.0895. The highest BCUT2D eigenvalue weighted by Crippen LogP contribution is 2.30. The van der Waals surface area contributed by atoms with E-state index in [1.807, 2.05) is 6.92 Å². The average Bonchev–Trinajstić information content (AvgIpc) is 2.88. The van der Waals surface area contributed by atoms with Crippen molar-refractivity contribution >= 4 is 35.2 Å². The van der Waals surface area contributed by atoms with Crippen molar-refractivity contribution < 1.29 is 23.9 Å². The molecule has 1 aromatic carbocycles. The van der Waals surface area contributed by atoms with E-state index < -0.39 is 17.3 Å². The Morgan fingerprint density at radius 2 is 1.96 bits per heavy atom. The van der Waals surface area contributed by atoms with Crippen LogP contribution in [0.25, 0.3) is 0 Å². The van der Waals surface area contributed by atoms with Crippen molar-refractivity contribution in [2.75, 3.05) is 23.9 Å². The number of imide groups is 1. The van der Waals surface area contributed by atoms with Crippen molar-refractivity contribution in [2.24, 2.45) is 5.73 Å². The SMILES string of the molecule is CCOC(=O)[C@@H](N)CS[C@H]1CC(=O)N(c2ccc(OCC)cc2)C1=O. The molecular formula is C17H22N2O5S. The quantitative estimate of drug-likeness (QED) is 0.547. The molecule has 0 radical (unpaired) electrons. The van der Waals surface area contributed by atoms with Gasteiger partial charge in [-0.25, -0.2) is 4.90 Å². The van der Waals surface area contributed by atoms with Crippen LogP contribution >= 0.6 is 11.8 Å². The van der Waals surface area contributed by atoms with Gasteiger partial charge in [-0.15, -0.1) is 11.8 Å². The minimum Gasteiger partial charge on any atom is -0.494 e. The Morgan fingerprint density at radius 1 is 1.28 bits per heavy atom. The summed E-state index contributed by atoms with van der Waals surface area (Å²) in [6.45, 7) is 4.37. The van der Waals surface area contributed by atoms with Crippen LogP contribution in [0.15, 0.2) is 24.3 Å². The van der Waals surface area contributed by atoms with Crippen LogP contribution in [0.5, 0.6) is 5.75 Å². The fourth-order valence-electron chi connectivity index (χ4n) is 2.40. The minimum atomic E-state index is -0.813. The van der Waals surface area contributed by atoms with Gasteiger partial charge in [0.05, 0.1) is 24.2 Å². The van der Waals surface area contributed by atoms with Gasteiger partial charge >= 0.3 is 5.97 Å². The molecule has 2 N–H and O–H groups in total. The van der Waals surface area contributed by atoms with E-state index in [2.05, 4.69) is 0 Å². The molecule has 1 aliphatic rings. The number of hydrogen-bond acceptors (Lipinski definition) is 7. The van der Waals surface area contributed by atoms with E-state index in [1.54, 1.807) is 31.2 Å². The number of benzene rings is 1. The van der Waals surface area contributed by atoms with Crippen molar-refractivity contribution in [2.45, 2.75) is 31.6 Å². The normalized spacial score (nSPS) is 18.4. The zero-order valence-corrected chi connectivity index (χ0v) is 15.1. The lowest BCUT2D eigenvalue weighted by molar-refractivity contribution is -0.144. The van der Waals surface area contributed by atoms with Crippen LogP contribution in [0.2, 0.25) is 0 Å². The molecule has 1 fully saturated rings. The average molecular weight is 366 g/mol. The van der Waals surface area contributed by atoms with E-state index in [-0.39, 0.29) is 30.6 Å². The molecule has 1 aromatic rings. The predicted molar refractivity (Wildman–Crippen MR) is 95.6 cm³/mol. The van der Waals surface area contributed by atoms with Gasteiger partial charge in [-0.2, -0.15) is 0 Å². The van der Waals surface area contributed by atoms with Crippen molar-refractivity contribution in [1.29, 1.82) is 0 Å². The number of nitrogens with zero attached hydrogens (tertiary/aromatic N) is 1. The standard InChI is InChI=1S/C17H22N2O5S/c1-3-23-12-7-5-11(6-8-12)19-15(20)9-14(16(19)21)25-10-13(18)17(22)24-4-2/h5-8,13-14H,3-4,9-10,18H2,1-2H3/t13-,14-/m0/s1. The third-order valence-electron chi connectivity index (χ3n) is 3.58. The molecule has 8 heteroatoms. The molecule has 1 saturated heterocycles. The minimum absolute atomic E-state index is 0.0895. The first kappa shape index (κ1) is 19.3. The molecule has 136 valence electrons. The van der Waals surface area contributed by atoms with Crippen LogP contribution in [-0.4, -0.2) is 48.0 Å². The van der Waals surface area contributed by atoms with Crippen LogP contribution in [0.4, 0.5) is 5.69 Å². The number of thioether (sulfide) groups is 1. The Labute approximate surface area is 150 Å². The molecule has 0 unspecified atom stereocenters. The van der Waals surface area contributed by atoms with Gasteiger partial charge in [-0.1, -0.05) is 0 Å². The molecule has 7 nitrogen and oxygen atoms in total. The summed E-state index contributed by atoms with van der Waals surface area (Å²) >= 11 is 1.21. The largest absolute Gasteiger partial charge is 0.494 e. The lowest BCUT2D eigenvalue weighted by Gasteiger charge is -2.16. The van der Waals surface area contributed by atoms with Crippen molar-refractivity contribution in [1.82, 2.24) is 0 Å². The molecule has 2 atom stereocenters. The van der Waals surface area contributed by atoms with Crippen LogP contribution in [0.3, 0.4) is 0 Å². The molecule has 25 heavy (non-hydrogen) atoms. The molecule has 0 saturated carbocycles. The molecule has 0 aromatic heterocycles. The zero-order valence-electron chi connectivity index (χ0n) is 14.3. The maximum Gasteiger partial charge on any atom is 0.323 e.